The first kappa shape index (κ1) is 12.9. The third-order valence-corrected chi connectivity index (χ3v) is 3.73. The number of esters is 1. The monoisotopic (exact) mass is 240 g/mol. The summed E-state index contributed by atoms with van der Waals surface area (Å²) in [6.45, 7) is 2.05. The Kier molecular flexibility index (Phi) is 5.19. The third kappa shape index (κ3) is 3.17. The average Bonchev–Trinajstić information content (AvgIpc) is 2.35. The molecule has 0 bridgehead atoms. The second-order valence-corrected chi connectivity index (χ2v) is 4.93. The first-order chi connectivity index (χ1) is 7.70. The van der Waals surface area contributed by atoms with Crippen molar-refractivity contribution in [2.24, 2.45) is 0 Å². The van der Waals surface area contributed by atoms with Crippen LogP contribution in [0.2, 0.25) is 0 Å². The average molecular weight is 240 g/mol. The lowest BCUT2D eigenvalue weighted by Gasteiger charge is -2.06. The van der Waals surface area contributed by atoms with Gasteiger partial charge in [0.1, 0.15) is 0 Å². The minimum atomic E-state index is -1.12. The molecule has 0 aliphatic rings. The Morgan fingerprint density at radius 2 is 2.06 bits per heavy atom. The van der Waals surface area contributed by atoms with Gasteiger partial charge in [0.2, 0.25) is 0 Å². The largest absolute Gasteiger partial charge is 0.465 e. The van der Waals surface area contributed by atoms with Gasteiger partial charge < -0.3 is 4.74 Å². The fraction of sp³-hybridized carbons (Fsp3) is 0.417. The summed E-state index contributed by atoms with van der Waals surface area (Å²) in [4.78, 5) is 12.0. The molecule has 0 N–H and O–H groups in total. The van der Waals surface area contributed by atoms with Crippen LogP contribution in [0.1, 0.15) is 30.1 Å². The Balaban J connectivity index is 2.94. The van der Waals surface area contributed by atoms with Crippen LogP contribution >= 0.6 is 0 Å². The molecule has 1 rings (SSSR count). The smallest absolute Gasteiger partial charge is 0.339 e. The Labute approximate surface area is 98.3 Å². The molecule has 4 heteroatoms. The summed E-state index contributed by atoms with van der Waals surface area (Å²) in [7, 11) is 0.210. The highest BCUT2D eigenvalue weighted by atomic mass is 32.2. The van der Waals surface area contributed by atoms with E-state index in [2.05, 4.69) is 4.74 Å². The van der Waals surface area contributed by atoms with E-state index in [9.17, 15) is 9.00 Å². The first-order valence-corrected chi connectivity index (χ1v) is 6.58. The first-order valence-electron chi connectivity index (χ1n) is 5.26. The predicted molar refractivity (Wildman–Crippen MR) is 64.0 cm³/mol. The summed E-state index contributed by atoms with van der Waals surface area (Å²) in [5, 5.41) is 0. The van der Waals surface area contributed by atoms with E-state index < -0.39 is 16.8 Å². The fourth-order valence-electron chi connectivity index (χ4n) is 1.33. The van der Waals surface area contributed by atoms with Crippen LogP contribution in [0.5, 0.6) is 0 Å². The highest BCUT2D eigenvalue weighted by Crippen LogP contribution is 2.15. The molecule has 1 aromatic rings. The molecular weight excluding hydrogens is 224 g/mol. The molecule has 0 spiro atoms. The molecule has 0 saturated carbocycles. The zero-order chi connectivity index (χ0) is 12.0. The topological polar surface area (TPSA) is 43.4 Å². The van der Waals surface area contributed by atoms with E-state index >= 15 is 0 Å². The van der Waals surface area contributed by atoms with Crippen LogP contribution in [0.4, 0.5) is 0 Å². The molecule has 0 heterocycles. The number of carbonyl (C=O) groups is 1. The van der Waals surface area contributed by atoms with Gasteiger partial charge >= 0.3 is 5.97 Å². The Morgan fingerprint density at radius 1 is 1.38 bits per heavy atom. The van der Waals surface area contributed by atoms with E-state index in [0.29, 0.717) is 16.2 Å². The number of ether oxygens (including phenoxy) is 1. The van der Waals surface area contributed by atoms with E-state index in [1.54, 1.807) is 24.3 Å². The van der Waals surface area contributed by atoms with Crippen molar-refractivity contribution in [3.05, 3.63) is 29.8 Å². The second kappa shape index (κ2) is 6.43. The van der Waals surface area contributed by atoms with Crippen molar-refractivity contribution < 1.29 is 13.7 Å². The molecule has 3 nitrogen and oxygen atoms in total. The fourth-order valence-corrected chi connectivity index (χ4v) is 2.73. The van der Waals surface area contributed by atoms with Crippen LogP contribution in [-0.4, -0.2) is 23.0 Å². The lowest BCUT2D eigenvalue weighted by Crippen LogP contribution is -2.08. The third-order valence-electron chi connectivity index (χ3n) is 2.22. The molecule has 0 aliphatic heterocycles. The molecule has 1 unspecified atom stereocenters. The molecule has 0 amide bonds. The summed E-state index contributed by atoms with van der Waals surface area (Å²) >= 11 is 0. The van der Waals surface area contributed by atoms with Crippen molar-refractivity contribution in [2.75, 3.05) is 12.9 Å². The van der Waals surface area contributed by atoms with Crippen LogP contribution in [0.3, 0.4) is 0 Å². The van der Waals surface area contributed by atoms with Crippen molar-refractivity contribution in [1.82, 2.24) is 0 Å². The van der Waals surface area contributed by atoms with Gasteiger partial charge in [0.15, 0.2) is 0 Å². The molecule has 1 atom stereocenters. The number of carbonyl (C=O) groups excluding carboxylic acids is 1. The van der Waals surface area contributed by atoms with Gasteiger partial charge in [-0.1, -0.05) is 25.5 Å². The van der Waals surface area contributed by atoms with Crippen molar-refractivity contribution in [3.63, 3.8) is 0 Å². The summed E-state index contributed by atoms with van der Waals surface area (Å²) in [5.74, 6) is 0.158. The van der Waals surface area contributed by atoms with Crippen molar-refractivity contribution in [3.8, 4) is 0 Å². The zero-order valence-corrected chi connectivity index (χ0v) is 10.4. The maximum atomic E-state index is 11.9. The maximum Gasteiger partial charge on any atom is 0.339 e. The summed E-state index contributed by atoms with van der Waals surface area (Å²) in [5.41, 5.74) is 0.402. The number of methoxy groups -OCH3 is 1. The minimum absolute atomic E-state index is 0.402. The molecule has 16 heavy (non-hydrogen) atoms. The molecule has 0 saturated heterocycles. The van der Waals surface area contributed by atoms with E-state index in [4.69, 9.17) is 0 Å². The lowest BCUT2D eigenvalue weighted by atomic mass is 10.2. The van der Waals surface area contributed by atoms with Gasteiger partial charge in [0.05, 0.1) is 28.4 Å². The van der Waals surface area contributed by atoms with Crippen molar-refractivity contribution >= 4 is 16.8 Å². The second-order valence-electron chi connectivity index (χ2n) is 3.39. The van der Waals surface area contributed by atoms with Crippen molar-refractivity contribution in [1.29, 1.82) is 0 Å². The summed E-state index contributed by atoms with van der Waals surface area (Å²) in [6, 6.07) is 6.89. The predicted octanol–water partition coefficient (Wildman–Crippen LogP) is 2.38. The van der Waals surface area contributed by atoms with E-state index in [1.165, 1.54) is 7.11 Å². The quantitative estimate of drug-likeness (QED) is 0.742. The number of hydrogen-bond acceptors (Lipinski definition) is 3. The lowest BCUT2D eigenvalue weighted by molar-refractivity contribution is 0.0596. The number of rotatable bonds is 5. The maximum absolute atomic E-state index is 11.9. The van der Waals surface area contributed by atoms with Crippen molar-refractivity contribution in [2.45, 2.75) is 24.7 Å². The summed E-state index contributed by atoms with van der Waals surface area (Å²) in [6.07, 6.45) is 1.88. The van der Waals surface area contributed by atoms with E-state index in [0.717, 1.165) is 12.8 Å². The molecular formula is C12H16O3S. The standard InChI is InChI=1S/C12H16O3S/c1-3-4-9-16(14)11-8-6-5-7-10(11)12(13)15-2/h5-8H,3-4,9H2,1-2H3. The van der Waals surface area contributed by atoms with E-state index in [-0.39, 0.29) is 0 Å². The molecule has 0 aromatic heterocycles. The Bertz CT molecular complexity index is 388. The number of unbranched alkanes of at least 4 members (excludes halogenated alkanes) is 1. The van der Waals surface area contributed by atoms with Gasteiger partial charge in [-0.2, -0.15) is 0 Å². The van der Waals surface area contributed by atoms with Gasteiger partial charge in [0.25, 0.3) is 0 Å². The molecule has 0 aliphatic carbocycles. The summed E-state index contributed by atoms with van der Waals surface area (Å²) < 4.78 is 16.6. The molecule has 88 valence electrons. The Hall–Kier alpha value is -1.16. The SMILES string of the molecule is CCCCS(=O)c1ccccc1C(=O)OC. The van der Waals surface area contributed by atoms with E-state index in [1.807, 2.05) is 6.92 Å². The van der Waals surface area contributed by atoms with Gasteiger partial charge in [0, 0.05) is 5.75 Å². The molecule has 0 fully saturated rings. The normalized spacial score (nSPS) is 12.1. The van der Waals surface area contributed by atoms with Gasteiger partial charge in [-0.15, -0.1) is 0 Å². The van der Waals surface area contributed by atoms with Crippen LogP contribution in [0.15, 0.2) is 29.2 Å². The van der Waals surface area contributed by atoms with Gasteiger partial charge in [-0.05, 0) is 18.6 Å². The highest BCUT2D eigenvalue weighted by Gasteiger charge is 2.15. The zero-order valence-electron chi connectivity index (χ0n) is 9.56. The van der Waals surface area contributed by atoms with Crippen LogP contribution in [0, 0.1) is 0 Å². The molecule has 0 radical (unpaired) electrons. The Morgan fingerprint density at radius 3 is 2.69 bits per heavy atom. The van der Waals surface area contributed by atoms with Crippen LogP contribution in [0.25, 0.3) is 0 Å². The van der Waals surface area contributed by atoms with Crippen LogP contribution < -0.4 is 0 Å². The number of benzene rings is 1. The van der Waals surface area contributed by atoms with Crippen LogP contribution in [-0.2, 0) is 15.5 Å². The molecule has 1 aromatic carbocycles. The number of hydrogen-bond donors (Lipinski definition) is 0. The highest BCUT2D eigenvalue weighted by molar-refractivity contribution is 7.85. The minimum Gasteiger partial charge on any atom is -0.465 e. The van der Waals surface area contributed by atoms with Gasteiger partial charge in [-0.3, -0.25) is 4.21 Å². The van der Waals surface area contributed by atoms with Gasteiger partial charge in [-0.25, -0.2) is 4.79 Å².